The van der Waals surface area contributed by atoms with E-state index in [2.05, 4.69) is 80.8 Å². The van der Waals surface area contributed by atoms with E-state index in [1.807, 2.05) is 24.3 Å². The second-order valence-corrected chi connectivity index (χ2v) is 9.25. The van der Waals surface area contributed by atoms with Gasteiger partial charge >= 0.3 is 0 Å². The molecule has 4 nitrogen and oxygen atoms in total. The zero-order valence-electron chi connectivity index (χ0n) is 19.5. The van der Waals surface area contributed by atoms with Gasteiger partial charge in [-0.1, -0.05) is 57.2 Å². The highest BCUT2D eigenvalue weighted by Gasteiger charge is 2.13. The van der Waals surface area contributed by atoms with Crippen LogP contribution in [-0.2, 0) is 18.6 Å². The molecule has 4 aromatic rings. The molecule has 0 N–H and O–H groups in total. The van der Waals surface area contributed by atoms with E-state index in [9.17, 15) is 0 Å². The number of hydrogen-bond donors (Lipinski definition) is 0. The lowest BCUT2D eigenvalue weighted by Gasteiger charge is -2.19. The van der Waals surface area contributed by atoms with Crippen LogP contribution in [0, 0.1) is 6.92 Å². The lowest BCUT2D eigenvalue weighted by Crippen LogP contribution is -2.11. The van der Waals surface area contributed by atoms with Crippen LogP contribution in [-0.4, -0.2) is 16.2 Å². The number of imidazole rings is 1. The van der Waals surface area contributed by atoms with Crippen LogP contribution in [0.4, 0.5) is 0 Å². The molecule has 0 saturated heterocycles. The average molecular weight is 429 g/mol. The molecule has 4 rings (SSSR count). The fourth-order valence-corrected chi connectivity index (χ4v) is 3.80. The van der Waals surface area contributed by atoms with Crippen LogP contribution in [0.25, 0.3) is 11.0 Å². The molecule has 0 amide bonds. The number of ether oxygens (including phenoxy) is 2. The van der Waals surface area contributed by atoms with Crippen molar-refractivity contribution < 1.29 is 9.47 Å². The van der Waals surface area contributed by atoms with Crippen molar-refractivity contribution in [2.75, 3.05) is 6.61 Å². The van der Waals surface area contributed by atoms with Crippen LogP contribution in [0.15, 0.2) is 72.8 Å². The van der Waals surface area contributed by atoms with Crippen molar-refractivity contribution >= 4 is 11.0 Å². The number of nitrogens with zero attached hydrogens (tertiary/aromatic N) is 2. The van der Waals surface area contributed by atoms with Gasteiger partial charge in [-0.3, -0.25) is 0 Å². The zero-order chi connectivity index (χ0) is 22.6. The minimum absolute atomic E-state index is 0.151. The fourth-order valence-electron chi connectivity index (χ4n) is 3.80. The second kappa shape index (κ2) is 9.47. The molecule has 1 heterocycles. The van der Waals surface area contributed by atoms with E-state index in [0.29, 0.717) is 13.2 Å². The zero-order valence-corrected chi connectivity index (χ0v) is 19.5. The summed E-state index contributed by atoms with van der Waals surface area (Å²) in [6.07, 6.45) is 0.888. The summed E-state index contributed by atoms with van der Waals surface area (Å²) in [6.45, 7) is 10.6. The first-order valence-electron chi connectivity index (χ1n) is 11.3. The molecule has 166 valence electrons. The Morgan fingerprint density at radius 2 is 1.62 bits per heavy atom. The summed E-state index contributed by atoms with van der Waals surface area (Å²) in [7, 11) is 0. The standard InChI is InChI=1S/C28H32N2O2/c1-21-9-7-10-24(19-21)32-20-27-29-25-11-5-6-12-26(25)30(27)17-8-18-31-23-15-13-22(14-16-23)28(2,3)4/h5-7,9-16,19H,8,17-18,20H2,1-4H3. The molecular weight excluding hydrogens is 396 g/mol. The molecule has 0 aliphatic heterocycles. The molecule has 0 saturated carbocycles. The lowest BCUT2D eigenvalue weighted by atomic mass is 9.87. The molecule has 0 bridgehead atoms. The van der Waals surface area contributed by atoms with Gasteiger partial charge < -0.3 is 14.0 Å². The Morgan fingerprint density at radius 1 is 0.844 bits per heavy atom. The molecule has 0 aliphatic rings. The van der Waals surface area contributed by atoms with Crippen LogP contribution >= 0.6 is 0 Å². The van der Waals surface area contributed by atoms with Crippen LogP contribution in [0.5, 0.6) is 11.5 Å². The van der Waals surface area contributed by atoms with E-state index in [-0.39, 0.29) is 5.41 Å². The lowest BCUT2D eigenvalue weighted by molar-refractivity contribution is 0.280. The summed E-state index contributed by atoms with van der Waals surface area (Å²) in [6, 6.07) is 24.8. The summed E-state index contributed by atoms with van der Waals surface area (Å²) >= 11 is 0. The van der Waals surface area contributed by atoms with Gasteiger partial charge in [-0.25, -0.2) is 4.98 Å². The quantitative estimate of drug-likeness (QED) is 0.293. The summed E-state index contributed by atoms with van der Waals surface area (Å²) in [5.74, 6) is 2.71. The molecule has 0 radical (unpaired) electrons. The largest absolute Gasteiger partial charge is 0.494 e. The van der Waals surface area contributed by atoms with Gasteiger partial charge in [0.15, 0.2) is 0 Å². The maximum atomic E-state index is 6.04. The van der Waals surface area contributed by atoms with Gasteiger partial charge in [0.1, 0.15) is 23.9 Å². The van der Waals surface area contributed by atoms with Crippen molar-refractivity contribution in [1.82, 2.24) is 9.55 Å². The number of rotatable bonds is 8. The molecule has 3 aromatic carbocycles. The maximum absolute atomic E-state index is 6.04. The highest BCUT2D eigenvalue weighted by molar-refractivity contribution is 5.75. The first-order chi connectivity index (χ1) is 15.4. The van der Waals surface area contributed by atoms with E-state index in [1.54, 1.807) is 0 Å². The van der Waals surface area contributed by atoms with Crippen molar-refractivity contribution in [2.45, 2.75) is 52.7 Å². The normalized spacial score (nSPS) is 11.6. The summed E-state index contributed by atoms with van der Waals surface area (Å²) in [5, 5.41) is 0. The fraction of sp³-hybridized carbons (Fsp3) is 0.321. The molecule has 0 fully saturated rings. The topological polar surface area (TPSA) is 36.3 Å². The minimum Gasteiger partial charge on any atom is -0.494 e. The minimum atomic E-state index is 0.151. The SMILES string of the molecule is Cc1cccc(OCc2nc3ccccc3n2CCCOc2ccc(C(C)(C)C)cc2)c1. The van der Waals surface area contributed by atoms with Crippen LogP contribution in [0.2, 0.25) is 0 Å². The summed E-state index contributed by atoms with van der Waals surface area (Å²) < 4.78 is 14.3. The highest BCUT2D eigenvalue weighted by Crippen LogP contribution is 2.24. The average Bonchev–Trinajstić information content (AvgIpc) is 3.12. The van der Waals surface area contributed by atoms with Crippen molar-refractivity contribution in [3.8, 4) is 11.5 Å². The molecule has 0 spiro atoms. The van der Waals surface area contributed by atoms with Crippen molar-refractivity contribution in [3.05, 3.63) is 89.7 Å². The van der Waals surface area contributed by atoms with Crippen molar-refractivity contribution in [1.29, 1.82) is 0 Å². The third-order valence-corrected chi connectivity index (χ3v) is 5.61. The highest BCUT2D eigenvalue weighted by atomic mass is 16.5. The Labute approximate surface area is 190 Å². The third kappa shape index (κ3) is 5.31. The molecule has 0 unspecified atom stereocenters. The molecule has 0 aliphatic carbocycles. The molecule has 32 heavy (non-hydrogen) atoms. The predicted octanol–water partition coefficient (Wildman–Crippen LogP) is 6.69. The van der Waals surface area contributed by atoms with Crippen LogP contribution in [0.3, 0.4) is 0 Å². The van der Waals surface area contributed by atoms with Gasteiger partial charge in [0.2, 0.25) is 0 Å². The molecule has 1 aromatic heterocycles. The van der Waals surface area contributed by atoms with Crippen LogP contribution < -0.4 is 9.47 Å². The van der Waals surface area contributed by atoms with Crippen molar-refractivity contribution in [3.63, 3.8) is 0 Å². The van der Waals surface area contributed by atoms with E-state index in [4.69, 9.17) is 14.5 Å². The van der Waals surface area contributed by atoms with Gasteiger partial charge in [0.25, 0.3) is 0 Å². The number of aromatic nitrogens is 2. The van der Waals surface area contributed by atoms with Crippen LogP contribution in [0.1, 0.15) is 44.1 Å². The van der Waals surface area contributed by atoms with Gasteiger partial charge in [0, 0.05) is 6.54 Å². The predicted molar refractivity (Wildman–Crippen MR) is 130 cm³/mol. The summed E-state index contributed by atoms with van der Waals surface area (Å²) in [5.41, 5.74) is 4.77. The maximum Gasteiger partial charge on any atom is 0.147 e. The monoisotopic (exact) mass is 428 g/mol. The Balaban J connectivity index is 1.40. The molecule has 4 heteroatoms. The Kier molecular flexibility index (Phi) is 6.50. The van der Waals surface area contributed by atoms with E-state index in [1.165, 1.54) is 11.1 Å². The number of benzene rings is 3. The Bertz CT molecular complexity index is 1170. The van der Waals surface area contributed by atoms with E-state index >= 15 is 0 Å². The van der Waals surface area contributed by atoms with Gasteiger partial charge in [-0.05, 0) is 66.3 Å². The smallest absolute Gasteiger partial charge is 0.147 e. The summed E-state index contributed by atoms with van der Waals surface area (Å²) in [4.78, 5) is 4.82. The number of para-hydroxylation sites is 2. The Hall–Kier alpha value is -3.27. The first kappa shape index (κ1) is 21.9. The first-order valence-corrected chi connectivity index (χ1v) is 11.3. The van der Waals surface area contributed by atoms with Crippen molar-refractivity contribution in [2.24, 2.45) is 0 Å². The van der Waals surface area contributed by atoms with Gasteiger partial charge in [-0.2, -0.15) is 0 Å². The number of hydrogen-bond acceptors (Lipinski definition) is 3. The Morgan fingerprint density at radius 3 is 2.38 bits per heavy atom. The van der Waals surface area contributed by atoms with E-state index < -0.39 is 0 Å². The number of aryl methyl sites for hydroxylation is 2. The number of fused-ring (bicyclic) bond motifs is 1. The second-order valence-electron chi connectivity index (χ2n) is 9.25. The van der Waals surface area contributed by atoms with Gasteiger partial charge in [0.05, 0.1) is 17.6 Å². The van der Waals surface area contributed by atoms with Gasteiger partial charge in [-0.15, -0.1) is 0 Å². The third-order valence-electron chi connectivity index (χ3n) is 5.61. The molecular formula is C28H32N2O2. The molecule has 0 atom stereocenters. The van der Waals surface area contributed by atoms with E-state index in [0.717, 1.165) is 41.3 Å².